The Labute approximate surface area is 153 Å². The highest BCUT2D eigenvalue weighted by molar-refractivity contribution is 5.82. The number of aliphatic hydroxyl groups is 1. The van der Waals surface area contributed by atoms with Gasteiger partial charge in [0.05, 0.1) is 0 Å². The summed E-state index contributed by atoms with van der Waals surface area (Å²) in [5.74, 6) is 0. The number of H-pyrrole nitrogens is 1. The van der Waals surface area contributed by atoms with Crippen LogP contribution in [0.1, 0.15) is 18.7 Å². The van der Waals surface area contributed by atoms with Gasteiger partial charge in [0, 0.05) is 69.2 Å². The summed E-state index contributed by atoms with van der Waals surface area (Å²) in [5.41, 5.74) is 1.19. The summed E-state index contributed by atoms with van der Waals surface area (Å²) >= 11 is 0. The lowest BCUT2D eigenvalue weighted by atomic mass is 10.1. The van der Waals surface area contributed by atoms with Crippen molar-refractivity contribution in [1.29, 1.82) is 0 Å². The SMILES string of the molecule is C/C=C/Cn1cc(C(O)NCCN2CCN(C)CC2)c2cc[nH]c2c1=O. The topological polar surface area (TPSA) is 76.5 Å². The minimum Gasteiger partial charge on any atom is -0.374 e. The lowest BCUT2D eigenvalue weighted by Gasteiger charge is -2.32. The first-order valence-electron chi connectivity index (χ1n) is 9.24. The molecule has 7 nitrogen and oxygen atoms in total. The molecule has 2 aromatic rings. The van der Waals surface area contributed by atoms with E-state index in [1.165, 1.54) is 0 Å². The minimum atomic E-state index is -0.807. The zero-order valence-electron chi connectivity index (χ0n) is 15.6. The van der Waals surface area contributed by atoms with Gasteiger partial charge in [-0.05, 0) is 20.0 Å². The van der Waals surface area contributed by atoms with Crippen molar-refractivity contribution in [2.45, 2.75) is 19.7 Å². The summed E-state index contributed by atoms with van der Waals surface area (Å²) in [6.07, 6.45) is 6.53. The van der Waals surface area contributed by atoms with Crippen molar-refractivity contribution in [1.82, 2.24) is 24.7 Å². The number of aliphatic hydroxyl groups excluding tert-OH is 1. The molecule has 3 rings (SSSR count). The van der Waals surface area contributed by atoms with E-state index in [-0.39, 0.29) is 5.56 Å². The predicted molar refractivity (Wildman–Crippen MR) is 104 cm³/mol. The maximum atomic E-state index is 12.5. The van der Waals surface area contributed by atoms with E-state index in [1.54, 1.807) is 17.0 Å². The van der Waals surface area contributed by atoms with E-state index in [0.29, 0.717) is 18.6 Å². The molecule has 1 atom stereocenters. The zero-order valence-corrected chi connectivity index (χ0v) is 15.6. The molecule has 0 spiro atoms. The van der Waals surface area contributed by atoms with Crippen molar-refractivity contribution in [3.05, 3.63) is 46.5 Å². The van der Waals surface area contributed by atoms with Gasteiger partial charge in [-0.2, -0.15) is 0 Å². The van der Waals surface area contributed by atoms with Crippen molar-refractivity contribution in [2.75, 3.05) is 46.3 Å². The number of aromatic nitrogens is 2. The predicted octanol–water partition coefficient (Wildman–Crippen LogP) is 0.734. The molecule has 0 amide bonds. The van der Waals surface area contributed by atoms with Crippen LogP contribution in [-0.4, -0.2) is 70.8 Å². The molecule has 1 aliphatic rings. The number of piperazine rings is 1. The number of hydrogen-bond acceptors (Lipinski definition) is 5. The van der Waals surface area contributed by atoms with Crippen LogP contribution in [0.25, 0.3) is 10.9 Å². The molecule has 1 saturated heterocycles. The normalized spacial score (nSPS) is 18.1. The molecule has 26 heavy (non-hydrogen) atoms. The molecule has 0 aromatic carbocycles. The lowest BCUT2D eigenvalue weighted by Crippen LogP contribution is -2.46. The van der Waals surface area contributed by atoms with Crippen molar-refractivity contribution >= 4 is 10.9 Å². The summed E-state index contributed by atoms with van der Waals surface area (Å²) in [6.45, 7) is 8.31. The summed E-state index contributed by atoms with van der Waals surface area (Å²) in [6, 6.07) is 1.84. The van der Waals surface area contributed by atoms with Gasteiger partial charge in [-0.15, -0.1) is 0 Å². The smallest absolute Gasteiger partial charge is 0.275 e. The molecule has 1 unspecified atom stereocenters. The molecular weight excluding hydrogens is 330 g/mol. The summed E-state index contributed by atoms with van der Waals surface area (Å²) in [4.78, 5) is 20.2. The van der Waals surface area contributed by atoms with Crippen LogP contribution < -0.4 is 10.9 Å². The molecule has 1 aliphatic heterocycles. The first kappa shape index (κ1) is 18.8. The van der Waals surface area contributed by atoms with Crippen molar-refractivity contribution < 1.29 is 5.11 Å². The van der Waals surface area contributed by atoms with Crippen LogP contribution in [0.5, 0.6) is 0 Å². The fourth-order valence-corrected chi connectivity index (χ4v) is 3.34. The Morgan fingerprint density at radius 1 is 1.35 bits per heavy atom. The van der Waals surface area contributed by atoms with Crippen LogP contribution in [0.2, 0.25) is 0 Å². The molecule has 3 heterocycles. The lowest BCUT2D eigenvalue weighted by molar-refractivity contribution is 0.119. The van der Waals surface area contributed by atoms with Crippen LogP contribution in [-0.2, 0) is 6.54 Å². The number of fused-ring (bicyclic) bond motifs is 1. The third-order valence-corrected chi connectivity index (χ3v) is 5.02. The van der Waals surface area contributed by atoms with E-state index in [9.17, 15) is 9.90 Å². The molecule has 0 radical (unpaired) electrons. The van der Waals surface area contributed by atoms with Gasteiger partial charge in [0.2, 0.25) is 0 Å². The number of hydrogen-bond donors (Lipinski definition) is 3. The maximum absolute atomic E-state index is 12.5. The van der Waals surface area contributed by atoms with Crippen molar-refractivity contribution in [2.24, 2.45) is 0 Å². The molecule has 0 bridgehead atoms. The van der Waals surface area contributed by atoms with E-state index in [4.69, 9.17) is 0 Å². The summed E-state index contributed by atoms with van der Waals surface area (Å²) in [7, 11) is 2.14. The number of aromatic amines is 1. The quantitative estimate of drug-likeness (QED) is 0.502. The molecule has 142 valence electrons. The fourth-order valence-electron chi connectivity index (χ4n) is 3.34. The van der Waals surface area contributed by atoms with Gasteiger partial charge in [0.15, 0.2) is 0 Å². The minimum absolute atomic E-state index is 0.0727. The largest absolute Gasteiger partial charge is 0.374 e. The van der Waals surface area contributed by atoms with E-state index in [0.717, 1.165) is 43.7 Å². The third kappa shape index (κ3) is 4.24. The van der Waals surface area contributed by atoms with E-state index >= 15 is 0 Å². The highest BCUT2D eigenvalue weighted by Crippen LogP contribution is 2.20. The molecule has 2 aromatic heterocycles. The average Bonchev–Trinajstić information content (AvgIpc) is 3.13. The van der Waals surface area contributed by atoms with Gasteiger partial charge < -0.3 is 19.6 Å². The molecule has 1 fully saturated rings. The Hall–Kier alpha value is -1.93. The number of nitrogens with one attached hydrogen (secondary N) is 2. The van der Waals surface area contributed by atoms with Gasteiger partial charge in [-0.25, -0.2) is 0 Å². The van der Waals surface area contributed by atoms with Gasteiger partial charge in [0.1, 0.15) is 11.7 Å². The molecular formula is C19H29N5O2. The van der Waals surface area contributed by atoms with Gasteiger partial charge in [-0.1, -0.05) is 12.2 Å². The second kappa shape index (κ2) is 8.64. The third-order valence-electron chi connectivity index (χ3n) is 5.02. The standard InChI is InChI=1S/C19H29N5O2/c1-3-4-8-24-14-16(15-5-6-20-17(15)19(24)26)18(25)21-7-9-23-12-10-22(2)11-13-23/h3-6,14,18,20-21,25H,7-13H2,1-2H3/b4-3+. The second-order valence-electron chi connectivity index (χ2n) is 6.88. The first-order chi connectivity index (χ1) is 12.6. The molecule has 3 N–H and O–H groups in total. The zero-order chi connectivity index (χ0) is 18.5. The van der Waals surface area contributed by atoms with Crippen LogP contribution in [0.4, 0.5) is 0 Å². The number of nitrogens with zero attached hydrogens (tertiary/aromatic N) is 3. The van der Waals surface area contributed by atoms with E-state index < -0.39 is 6.23 Å². The van der Waals surface area contributed by atoms with Gasteiger partial charge >= 0.3 is 0 Å². The fraction of sp³-hybridized carbons (Fsp3) is 0.526. The number of pyridine rings is 1. The summed E-state index contributed by atoms with van der Waals surface area (Å²) < 4.78 is 1.62. The number of likely N-dealkylation sites (N-methyl/N-ethyl adjacent to an activating group) is 1. The average molecular weight is 359 g/mol. The Balaban J connectivity index is 1.69. The molecule has 7 heteroatoms. The van der Waals surface area contributed by atoms with Gasteiger partial charge in [0.25, 0.3) is 5.56 Å². The molecule has 0 saturated carbocycles. The number of rotatable bonds is 7. The second-order valence-corrected chi connectivity index (χ2v) is 6.88. The highest BCUT2D eigenvalue weighted by Gasteiger charge is 2.17. The Kier molecular flexibility index (Phi) is 6.26. The molecule has 0 aliphatic carbocycles. The Morgan fingerprint density at radius 3 is 2.85 bits per heavy atom. The Morgan fingerprint density at radius 2 is 2.12 bits per heavy atom. The van der Waals surface area contributed by atoms with E-state index in [2.05, 4.69) is 27.1 Å². The van der Waals surface area contributed by atoms with Crippen molar-refractivity contribution in [3.63, 3.8) is 0 Å². The number of allylic oxidation sites excluding steroid dienone is 2. The van der Waals surface area contributed by atoms with Crippen LogP contribution >= 0.6 is 0 Å². The van der Waals surface area contributed by atoms with Crippen LogP contribution in [0.15, 0.2) is 35.4 Å². The maximum Gasteiger partial charge on any atom is 0.275 e. The monoisotopic (exact) mass is 359 g/mol. The highest BCUT2D eigenvalue weighted by atomic mass is 16.3. The van der Waals surface area contributed by atoms with Crippen LogP contribution in [0.3, 0.4) is 0 Å². The first-order valence-corrected chi connectivity index (χ1v) is 9.24. The summed E-state index contributed by atoms with van der Waals surface area (Å²) in [5, 5.41) is 14.6. The van der Waals surface area contributed by atoms with Crippen molar-refractivity contribution in [3.8, 4) is 0 Å². The van der Waals surface area contributed by atoms with E-state index in [1.807, 2.05) is 25.1 Å². The van der Waals surface area contributed by atoms with Gasteiger partial charge in [-0.3, -0.25) is 15.0 Å². The Bertz CT molecular complexity index is 802. The van der Waals surface area contributed by atoms with Crippen LogP contribution in [0, 0.1) is 0 Å².